The van der Waals surface area contributed by atoms with Gasteiger partial charge in [-0.2, -0.15) is 0 Å². The number of rotatable bonds is 6. The summed E-state index contributed by atoms with van der Waals surface area (Å²) in [5, 5.41) is 0. The summed E-state index contributed by atoms with van der Waals surface area (Å²) in [6.07, 6.45) is 3.32. The predicted molar refractivity (Wildman–Crippen MR) is 83.9 cm³/mol. The standard InChI is InChI=1S/C18H28O2/c1-14(13-20-15(2)19)7-6-8-16-9-11-17(12-10-16)18(3,4)5/h9-12,14H,6-8,13H2,1-5H3. The maximum absolute atomic E-state index is 10.7. The number of carbonyl (C=O) groups is 1. The third kappa shape index (κ3) is 6.23. The van der Waals surface area contributed by atoms with Crippen LogP contribution in [-0.2, 0) is 21.4 Å². The average Bonchev–Trinajstić information content (AvgIpc) is 2.36. The topological polar surface area (TPSA) is 26.3 Å². The third-order valence-corrected chi connectivity index (χ3v) is 3.55. The Morgan fingerprint density at radius 3 is 2.30 bits per heavy atom. The van der Waals surface area contributed by atoms with Crippen molar-refractivity contribution in [2.24, 2.45) is 5.92 Å². The number of ether oxygens (including phenoxy) is 1. The largest absolute Gasteiger partial charge is 0.466 e. The molecule has 20 heavy (non-hydrogen) atoms. The van der Waals surface area contributed by atoms with Crippen molar-refractivity contribution in [3.63, 3.8) is 0 Å². The monoisotopic (exact) mass is 276 g/mol. The highest BCUT2D eigenvalue weighted by molar-refractivity contribution is 5.65. The normalized spacial score (nSPS) is 13.1. The Balaban J connectivity index is 2.34. The molecule has 1 atom stereocenters. The van der Waals surface area contributed by atoms with Crippen molar-refractivity contribution in [2.45, 2.75) is 59.3 Å². The van der Waals surface area contributed by atoms with E-state index in [1.807, 2.05) is 0 Å². The molecule has 0 spiro atoms. The number of esters is 1. The predicted octanol–water partition coefficient (Wildman–Crippen LogP) is 4.51. The summed E-state index contributed by atoms with van der Waals surface area (Å²) in [4.78, 5) is 10.7. The van der Waals surface area contributed by atoms with Gasteiger partial charge in [0.1, 0.15) is 0 Å². The fourth-order valence-corrected chi connectivity index (χ4v) is 2.17. The zero-order valence-electron chi connectivity index (χ0n) is 13.5. The molecule has 0 aliphatic heterocycles. The molecule has 0 heterocycles. The van der Waals surface area contributed by atoms with Gasteiger partial charge in [-0.25, -0.2) is 0 Å². The van der Waals surface area contributed by atoms with Gasteiger partial charge in [0.2, 0.25) is 0 Å². The zero-order valence-corrected chi connectivity index (χ0v) is 13.5. The molecule has 0 saturated carbocycles. The molecule has 0 aromatic heterocycles. The summed E-state index contributed by atoms with van der Waals surface area (Å²) < 4.78 is 5.02. The minimum absolute atomic E-state index is 0.186. The fraction of sp³-hybridized carbons (Fsp3) is 0.611. The van der Waals surface area contributed by atoms with Gasteiger partial charge in [-0.1, -0.05) is 52.0 Å². The molecule has 0 radical (unpaired) electrons. The summed E-state index contributed by atoms with van der Waals surface area (Å²) in [7, 11) is 0. The first-order valence-electron chi connectivity index (χ1n) is 7.52. The molecule has 2 nitrogen and oxygen atoms in total. The lowest BCUT2D eigenvalue weighted by atomic mass is 9.86. The number of hydrogen-bond donors (Lipinski definition) is 0. The van der Waals surface area contributed by atoms with Crippen molar-refractivity contribution in [1.29, 1.82) is 0 Å². The second-order valence-corrected chi connectivity index (χ2v) is 6.75. The van der Waals surface area contributed by atoms with Crippen molar-refractivity contribution >= 4 is 5.97 Å². The van der Waals surface area contributed by atoms with Gasteiger partial charge in [0.25, 0.3) is 0 Å². The summed E-state index contributed by atoms with van der Waals surface area (Å²) in [5.41, 5.74) is 2.99. The van der Waals surface area contributed by atoms with Gasteiger partial charge in [-0.05, 0) is 41.7 Å². The fourth-order valence-electron chi connectivity index (χ4n) is 2.17. The van der Waals surface area contributed by atoms with E-state index in [-0.39, 0.29) is 11.4 Å². The molecule has 2 heteroatoms. The minimum atomic E-state index is -0.186. The molecule has 1 unspecified atom stereocenters. The van der Waals surface area contributed by atoms with E-state index in [1.54, 1.807) is 0 Å². The lowest BCUT2D eigenvalue weighted by Crippen LogP contribution is -2.11. The van der Waals surface area contributed by atoms with Crippen LogP contribution in [0.2, 0.25) is 0 Å². The van der Waals surface area contributed by atoms with Crippen LogP contribution in [0.4, 0.5) is 0 Å². The van der Waals surface area contributed by atoms with Gasteiger partial charge in [-0.15, -0.1) is 0 Å². The molecule has 0 aliphatic carbocycles. The number of carbonyl (C=O) groups excluding carboxylic acids is 1. The van der Waals surface area contributed by atoms with E-state index in [0.29, 0.717) is 12.5 Å². The maximum Gasteiger partial charge on any atom is 0.302 e. The minimum Gasteiger partial charge on any atom is -0.466 e. The highest BCUT2D eigenvalue weighted by Gasteiger charge is 2.12. The Hall–Kier alpha value is -1.31. The second kappa shape index (κ2) is 7.47. The zero-order chi connectivity index (χ0) is 15.2. The molecule has 0 saturated heterocycles. The van der Waals surface area contributed by atoms with Gasteiger partial charge in [0.05, 0.1) is 6.61 Å². The first-order chi connectivity index (χ1) is 9.29. The smallest absolute Gasteiger partial charge is 0.302 e. The quantitative estimate of drug-likeness (QED) is 0.715. The lowest BCUT2D eigenvalue weighted by molar-refractivity contribution is -0.142. The van der Waals surface area contributed by atoms with Gasteiger partial charge < -0.3 is 4.74 Å². The van der Waals surface area contributed by atoms with E-state index in [1.165, 1.54) is 18.1 Å². The van der Waals surface area contributed by atoms with Crippen molar-refractivity contribution in [3.8, 4) is 0 Å². The third-order valence-electron chi connectivity index (χ3n) is 3.55. The van der Waals surface area contributed by atoms with Gasteiger partial charge in [-0.3, -0.25) is 4.79 Å². The van der Waals surface area contributed by atoms with E-state index in [0.717, 1.165) is 19.3 Å². The van der Waals surface area contributed by atoms with Gasteiger partial charge >= 0.3 is 5.97 Å². The van der Waals surface area contributed by atoms with Gasteiger partial charge in [0.15, 0.2) is 0 Å². The molecule has 0 aliphatic rings. The Morgan fingerprint density at radius 1 is 1.20 bits per heavy atom. The van der Waals surface area contributed by atoms with Crippen LogP contribution in [-0.4, -0.2) is 12.6 Å². The first kappa shape index (κ1) is 16.7. The first-order valence-corrected chi connectivity index (χ1v) is 7.52. The van der Waals surface area contributed by atoms with Crippen LogP contribution in [0, 0.1) is 5.92 Å². The molecule has 0 bridgehead atoms. The van der Waals surface area contributed by atoms with Crippen molar-refractivity contribution in [3.05, 3.63) is 35.4 Å². The Bertz CT molecular complexity index is 412. The van der Waals surface area contributed by atoms with Crippen LogP contribution in [0.1, 0.15) is 58.6 Å². The summed E-state index contributed by atoms with van der Waals surface area (Å²) in [6.45, 7) is 10.8. The van der Waals surface area contributed by atoms with Crippen LogP contribution < -0.4 is 0 Å². The van der Waals surface area contributed by atoms with E-state index < -0.39 is 0 Å². The van der Waals surface area contributed by atoms with E-state index in [4.69, 9.17) is 4.74 Å². The summed E-state index contributed by atoms with van der Waals surface area (Å²) in [5.74, 6) is 0.252. The average molecular weight is 276 g/mol. The van der Waals surface area contributed by atoms with E-state index in [2.05, 4.69) is 52.0 Å². The van der Waals surface area contributed by atoms with Crippen molar-refractivity contribution in [1.82, 2.24) is 0 Å². The summed E-state index contributed by atoms with van der Waals surface area (Å²) in [6, 6.07) is 8.93. The highest BCUT2D eigenvalue weighted by atomic mass is 16.5. The van der Waals surface area contributed by atoms with Crippen LogP contribution >= 0.6 is 0 Å². The summed E-state index contributed by atoms with van der Waals surface area (Å²) >= 11 is 0. The van der Waals surface area contributed by atoms with E-state index in [9.17, 15) is 4.79 Å². The highest BCUT2D eigenvalue weighted by Crippen LogP contribution is 2.22. The second-order valence-electron chi connectivity index (χ2n) is 6.75. The van der Waals surface area contributed by atoms with Gasteiger partial charge in [0, 0.05) is 6.92 Å². The molecule has 0 amide bonds. The Kier molecular flexibility index (Phi) is 6.25. The molecule has 1 aromatic carbocycles. The Morgan fingerprint density at radius 2 is 1.80 bits per heavy atom. The number of aryl methyl sites for hydroxylation is 1. The van der Waals surface area contributed by atoms with Crippen LogP contribution in [0.15, 0.2) is 24.3 Å². The van der Waals surface area contributed by atoms with Crippen molar-refractivity contribution < 1.29 is 9.53 Å². The molecule has 0 N–H and O–H groups in total. The SMILES string of the molecule is CC(=O)OCC(C)CCCc1ccc(C(C)(C)C)cc1. The Labute approximate surface area is 123 Å². The molecule has 0 fully saturated rings. The van der Waals surface area contributed by atoms with E-state index >= 15 is 0 Å². The number of benzene rings is 1. The van der Waals surface area contributed by atoms with Crippen LogP contribution in [0.5, 0.6) is 0 Å². The number of hydrogen-bond acceptors (Lipinski definition) is 2. The maximum atomic E-state index is 10.7. The lowest BCUT2D eigenvalue weighted by Gasteiger charge is -2.19. The van der Waals surface area contributed by atoms with Crippen molar-refractivity contribution in [2.75, 3.05) is 6.61 Å². The molecular weight excluding hydrogens is 248 g/mol. The molecule has 1 rings (SSSR count). The van der Waals surface area contributed by atoms with Crippen LogP contribution in [0.25, 0.3) is 0 Å². The van der Waals surface area contributed by atoms with Crippen LogP contribution in [0.3, 0.4) is 0 Å². The molecular formula is C18H28O2. The molecule has 1 aromatic rings. The molecule has 112 valence electrons.